The number of rotatable bonds is 3. The summed E-state index contributed by atoms with van der Waals surface area (Å²) in [5.74, 6) is 1.99. The first-order valence-corrected chi connectivity index (χ1v) is 13.1. The number of benzene rings is 1. The molecule has 1 aromatic heterocycles. The zero-order chi connectivity index (χ0) is 24.6. The quantitative estimate of drug-likeness (QED) is 0.559. The number of hydrogen-bond donors (Lipinski definition) is 0. The summed E-state index contributed by atoms with van der Waals surface area (Å²) in [7, 11) is 0. The lowest BCUT2D eigenvalue weighted by molar-refractivity contribution is -0.0796. The number of carbonyl (C=O) groups is 1. The second-order valence-corrected chi connectivity index (χ2v) is 11.3. The number of carbonyl (C=O) groups excluding carboxylic acids is 1. The summed E-state index contributed by atoms with van der Waals surface area (Å²) in [4.78, 5) is 14.6. The molecule has 0 spiro atoms. The molecule has 1 saturated heterocycles. The van der Waals surface area contributed by atoms with Crippen LogP contribution >= 0.6 is 11.6 Å². The Morgan fingerprint density at radius 2 is 1.74 bits per heavy atom. The predicted octanol–water partition coefficient (Wildman–Crippen LogP) is 5.39. The summed E-state index contributed by atoms with van der Waals surface area (Å²) >= 11 is 6.35. The van der Waals surface area contributed by atoms with E-state index in [1.807, 2.05) is 39.0 Å². The summed E-state index contributed by atoms with van der Waals surface area (Å²) in [5, 5.41) is 9.81. The molecule has 2 fully saturated rings. The number of aromatic nitrogens is 3. The summed E-state index contributed by atoms with van der Waals surface area (Å²) in [5.41, 5.74) is 1.36. The van der Waals surface area contributed by atoms with E-state index in [-0.39, 0.29) is 6.09 Å². The molecule has 190 valence electrons. The van der Waals surface area contributed by atoms with E-state index in [1.54, 1.807) is 4.90 Å². The highest BCUT2D eigenvalue weighted by atomic mass is 35.5. The molecule has 1 aromatic carbocycles. The average molecular weight is 503 g/mol. The number of ether oxygens (including phenoxy) is 3. The molecule has 0 unspecified atom stereocenters. The third-order valence-corrected chi connectivity index (χ3v) is 7.21. The second-order valence-electron chi connectivity index (χ2n) is 10.8. The van der Waals surface area contributed by atoms with Crippen molar-refractivity contribution in [2.24, 2.45) is 0 Å². The van der Waals surface area contributed by atoms with Gasteiger partial charge in [-0.3, -0.25) is 9.47 Å². The molecule has 0 radical (unpaired) electrons. The van der Waals surface area contributed by atoms with E-state index in [0.717, 1.165) is 74.6 Å². The Morgan fingerprint density at radius 3 is 2.46 bits per heavy atom. The molecule has 1 saturated carbocycles. The third-order valence-electron chi connectivity index (χ3n) is 6.98. The zero-order valence-corrected chi connectivity index (χ0v) is 21.6. The minimum Gasteiger partial charge on any atom is -0.444 e. The van der Waals surface area contributed by atoms with Crippen LogP contribution in [0.2, 0.25) is 5.02 Å². The molecule has 9 heteroatoms. The van der Waals surface area contributed by atoms with E-state index >= 15 is 0 Å². The van der Waals surface area contributed by atoms with Crippen LogP contribution in [0.15, 0.2) is 18.2 Å². The summed E-state index contributed by atoms with van der Waals surface area (Å²) in [6.07, 6.45) is 6.28. The molecule has 1 aliphatic carbocycles. The van der Waals surface area contributed by atoms with Crippen molar-refractivity contribution in [2.75, 3.05) is 13.2 Å². The van der Waals surface area contributed by atoms with Gasteiger partial charge in [0.15, 0.2) is 5.82 Å². The fourth-order valence-corrected chi connectivity index (χ4v) is 5.48. The highest BCUT2D eigenvalue weighted by Gasteiger charge is 2.33. The van der Waals surface area contributed by atoms with Crippen LogP contribution in [0.3, 0.4) is 0 Å². The van der Waals surface area contributed by atoms with Crippen LogP contribution in [0, 0.1) is 0 Å². The fourth-order valence-electron chi connectivity index (χ4n) is 5.29. The molecule has 3 aliphatic rings. The molecule has 1 amide bonds. The van der Waals surface area contributed by atoms with Gasteiger partial charge in [-0.15, -0.1) is 10.2 Å². The fraction of sp³-hybridized carbons (Fsp3) is 0.654. The first kappa shape index (κ1) is 24.5. The maximum Gasteiger partial charge on any atom is 0.411 e. The Bertz CT molecular complexity index is 1050. The minimum absolute atomic E-state index is 0.294. The van der Waals surface area contributed by atoms with Crippen LogP contribution in [-0.2, 0) is 27.3 Å². The number of fused-ring (bicyclic) bond motifs is 3. The molecular formula is C26H35ClN4O4. The maximum absolute atomic E-state index is 13.0. The van der Waals surface area contributed by atoms with Gasteiger partial charge in [0.25, 0.3) is 0 Å². The van der Waals surface area contributed by atoms with Crippen LogP contribution in [0.1, 0.15) is 82.4 Å². The number of halogens is 1. The maximum atomic E-state index is 13.0. The van der Waals surface area contributed by atoms with Gasteiger partial charge in [0, 0.05) is 24.2 Å². The van der Waals surface area contributed by atoms with Gasteiger partial charge in [-0.25, -0.2) is 4.79 Å². The minimum atomic E-state index is -0.579. The highest BCUT2D eigenvalue weighted by molar-refractivity contribution is 6.30. The number of amides is 1. The van der Waals surface area contributed by atoms with Crippen LogP contribution in [0.5, 0.6) is 0 Å². The van der Waals surface area contributed by atoms with Gasteiger partial charge < -0.3 is 14.2 Å². The SMILES string of the molecule is CC(C)(C)OC(=O)N1Cc2cc(Cl)ccc2-n2c(nnc2C2CCC(OC3CCOCC3)CC2)C1. The van der Waals surface area contributed by atoms with Crippen molar-refractivity contribution in [2.45, 2.75) is 96.1 Å². The molecule has 2 aromatic rings. The molecule has 2 aliphatic heterocycles. The van der Waals surface area contributed by atoms with Crippen LogP contribution in [0.25, 0.3) is 5.69 Å². The molecule has 5 rings (SSSR count). The van der Waals surface area contributed by atoms with Crippen LogP contribution in [0.4, 0.5) is 4.79 Å². The Balaban J connectivity index is 1.37. The molecule has 8 nitrogen and oxygen atoms in total. The van der Waals surface area contributed by atoms with Gasteiger partial charge >= 0.3 is 6.09 Å². The normalized spacial score (nSPS) is 23.4. The van der Waals surface area contributed by atoms with Gasteiger partial charge in [-0.1, -0.05) is 11.6 Å². The lowest BCUT2D eigenvalue weighted by Crippen LogP contribution is -2.35. The number of hydrogen-bond acceptors (Lipinski definition) is 6. The van der Waals surface area contributed by atoms with Crippen LogP contribution in [-0.4, -0.2) is 56.8 Å². The lowest BCUT2D eigenvalue weighted by Gasteiger charge is -2.32. The van der Waals surface area contributed by atoms with Crippen molar-refractivity contribution in [1.82, 2.24) is 19.7 Å². The summed E-state index contributed by atoms with van der Waals surface area (Å²) < 4.78 is 19.7. The van der Waals surface area contributed by atoms with Gasteiger partial charge in [0.2, 0.25) is 0 Å². The van der Waals surface area contributed by atoms with Gasteiger partial charge in [0.1, 0.15) is 11.4 Å². The first-order valence-electron chi connectivity index (χ1n) is 12.7. The van der Waals surface area contributed by atoms with Crippen molar-refractivity contribution in [3.63, 3.8) is 0 Å². The molecule has 3 heterocycles. The van der Waals surface area contributed by atoms with E-state index in [0.29, 0.717) is 36.2 Å². The monoisotopic (exact) mass is 502 g/mol. The molecule has 0 atom stereocenters. The van der Waals surface area contributed by atoms with Crippen molar-refractivity contribution in [3.8, 4) is 5.69 Å². The first-order chi connectivity index (χ1) is 16.8. The molecule has 0 N–H and O–H groups in total. The lowest BCUT2D eigenvalue weighted by atomic mass is 9.86. The van der Waals surface area contributed by atoms with Crippen molar-refractivity contribution in [1.29, 1.82) is 0 Å². The van der Waals surface area contributed by atoms with E-state index in [1.165, 1.54) is 0 Å². The van der Waals surface area contributed by atoms with Gasteiger partial charge in [-0.05, 0) is 83.1 Å². The standard InChI is InChI=1S/C26H35ClN4O4/c1-26(2,3)35-25(32)30-15-18-14-19(27)6-9-22(18)31-23(16-30)28-29-24(31)17-4-7-20(8-5-17)34-21-10-12-33-13-11-21/h6,9,14,17,20-21H,4-5,7-8,10-13,15-16H2,1-3H3. The topological polar surface area (TPSA) is 78.7 Å². The predicted molar refractivity (Wildman–Crippen MR) is 132 cm³/mol. The summed E-state index contributed by atoms with van der Waals surface area (Å²) in [6, 6.07) is 5.81. The Kier molecular flexibility index (Phi) is 7.06. The van der Waals surface area contributed by atoms with Crippen LogP contribution < -0.4 is 0 Å². The smallest absolute Gasteiger partial charge is 0.411 e. The van der Waals surface area contributed by atoms with Gasteiger partial charge in [-0.2, -0.15) is 0 Å². The molecular weight excluding hydrogens is 468 g/mol. The van der Waals surface area contributed by atoms with E-state index in [9.17, 15) is 4.79 Å². The second kappa shape index (κ2) is 10.1. The molecule has 35 heavy (non-hydrogen) atoms. The van der Waals surface area contributed by atoms with Crippen molar-refractivity contribution in [3.05, 3.63) is 40.4 Å². The van der Waals surface area contributed by atoms with Gasteiger partial charge in [0.05, 0.1) is 31.0 Å². The van der Waals surface area contributed by atoms with Crippen molar-refractivity contribution >= 4 is 17.7 Å². The Hall–Kier alpha value is -2.16. The Labute approximate surface area is 211 Å². The van der Waals surface area contributed by atoms with E-state index in [2.05, 4.69) is 14.8 Å². The Morgan fingerprint density at radius 1 is 1.03 bits per heavy atom. The van der Waals surface area contributed by atoms with E-state index in [4.69, 9.17) is 25.8 Å². The highest BCUT2D eigenvalue weighted by Crippen LogP contribution is 2.37. The zero-order valence-electron chi connectivity index (χ0n) is 20.8. The third kappa shape index (κ3) is 5.65. The largest absolute Gasteiger partial charge is 0.444 e. The number of nitrogens with zero attached hydrogens (tertiary/aromatic N) is 4. The van der Waals surface area contributed by atoms with E-state index < -0.39 is 5.60 Å². The summed E-state index contributed by atoms with van der Waals surface area (Å²) in [6.45, 7) is 7.95. The average Bonchev–Trinajstić information content (AvgIpc) is 3.15. The molecule has 0 bridgehead atoms. The van der Waals surface area contributed by atoms with Crippen molar-refractivity contribution < 1.29 is 19.0 Å².